The van der Waals surface area contributed by atoms with E-state index in [4.69, 9.17) is 14.2 Å². The van der Waals surface area contributed by atoms with Crippen LogP contribution >= 0.6 is 0 Å². The zero-order valence-electron chi connectivity index (χ0n) is 17.7. The molecular formula is C22H31N3O4. The molecule has 2 heterocycles. The third kappa shape index (κ3) is 6.48. The number of rotatable bonds is 6. The van der Waals surface area contributed by atoms with Crippen LogP contribution in [0.5, 0.6) is 11.6 Å². The second-order valence-corrected chi connectivity index (χ2v) is 8.56. The van der Waals surface area contributed by atoms with Crippen LogP contribution in [0.2, 0.25) is 0 Å². The number of fused-ring (bicyclic) bond motifs is 1. The first kappa shape index (κ1) is 21.1. The highest BCUT2D eigenvalue weighted by molar-refractivity contribution is 5.75. The van der Waals surface area contributed by atoms with E-state index < -0.39 is 5.60 Å². The summed E-state index contributed by atoms with van der Waals surface area (Å²) < 4.78 is 16.4. The van der Waals surface area contributed by atoms with E-state index in [1.54, 1.807) is 19.4 Å². The van der Waals surface area contributed by atoms with E-state index in [2.05, 4.69) is 15.3 Å². The first-order valence-corrected chi connectivity index (χ1v) is 10.3. The standard InChI is InChI=1S/C22H31N3O4/c1-22(2,3)29-21(26)24-16-7-5-15(6-8-16)11-12-28-17-13-19-18(23-14-17)9-10-20(25-19)27-4/h9-10,13-16H,5-8,11-12H2,1-4H3,(H,24,26). The zero-order chi connectivity index (χ0) is 20.9. The molecule has 29 heavy (non-hydrogen) atoms. The van der Waals surface area contributed by atoms with Gasteiger partial charge >= 0.3 is 6.09 Å². The summed E-state index contributed by atoms with van der Waals surface area (Å²) in [6.07, 6.45) is 6.52. The van der Waals surface area contributed by atoms with E-state index in [-0.39, 0.29) is 12.1 Å². The normalized spacial score (nSPS) is 19.6. The summed E-state index contributed by atoms with van der Waals surface area (Å²) in [6, 6.07) is 5.78. The van der Waals surface area contributed by atoms with Gasteiger partial charge in [0.15, 0.2) is 0 Å². The van der Waals surface area contributed by atoms with Crippen LogP contribution in [-0.2, 0) is 4.74 Å². The van der Waals surface area contributed by atoms with E-state index in [0.29, 0.717) is 18.4 Å². The van der Waals surface area contributed by atoms with Gasteiger partial charge in [-0.05, 0) is 64.9 Å². The van der Waals surface area contributed by atoms with Gasteiger partial charge in [0.2, 0.25) is 5.88 Å². The smallest absolute Gasteiger partial charge is 0.407 e. The maximum atomic E-state index is 11.9. The lowest BCUT2D eigenvalue weighted by Crippen LogP contribution is -2.41. The van der Waals surface area contributed by atoms with Crippen molar-refractivity contribution in [1.29, 1.82) is 0 Å². The largest absolute Gasteiger partial charge is 0.492 e. The van der Waals surface area contributed by atoms with Gasteiger partial charge in [0.05, 0.1) is 30.9 Å². The molecule has 158 valence electrons. The van der Waals surface area contributed by atoms with Crippen LogP contribution < -0.4 is 14.8 Å². The molecule has 0 aromatic carbocycles. The molecule has 0 radical (unpaired) electrons. The topological polar surface area (TPSA) is 82.6 Å². The van der Waals surface area contributed by atoms with E-state index in [0.717, 1.165) is 48.9 Å². The minimum absolute atomic E-state index is 0.202. The van der Waals surface area contributed by atoms with Crippen molar-refractivity contribution in [1.82, 2.24) is 15.3 Å². The van der Waals surface area contributed by atoms with Crippen molar-refractivity contribution in [2.45, 2.75) is 64.5 Å². The lowest BCUT2D eigenvalue weighted by Gasteiger charge is -2.30. The van der Waals surface area contributed by atoms with Crippen LogP contribution in [0.1, 0.15) is 52.9 Å². The quantitative estimate of drug-likeness (QED) is 0.768. The highest BCUT2D eigenvalue weighted by Gasteiger charge is 2.24. The summed E-state index contributed by atoms with van der Waals surface area (Å²) in [4.78, 5) is 20.7. The minimum atomic E-state index is -0.461. The fraction of sp³-hybridized carbons (Fsp3) is 0.591. The van der Waals surface area contributed by atoms with Crippen molar-refractivity contribution in [3.63, 3.8) is 0 Å². The van der Waals surface area contributed by atoms with Gasteiger partial charge in [0, 0.05) is 18.2 Å². The summed E-state index contributed by atoms with van der Waals surface area (Å²) in [5, 5.41) is 2.99. The molecule has 7 nitrogen and oxygen atoms in total. The second-order valence-electron chi connectivity index (χ2n) is 8.56. The number of aromatic nitrogens is 2. The lowest BCUT2D eigenvalue weighted by molar-refractivity contribution is 0.0485. The molecule has 3 rings (SSSR count). The molecule has 1 N–H and O–H groups in total. The Hall–Kier alpha value is -2.57. The van der Waals surface area contributed by atoms with Crippen molar-refractivity contribution in [2.75, 3.05) is 13.7 Å². The van der Waals surface area contributed by atoms with Crippen molar-refractivity contribution in [2.24, 2.45) is 5.92 Å². The zero-order valence-corrected chi connectivity index (χ0v) is 17.7. The molecule has 0 aliphatic heterocycles. The average Bonchev–Trinajstić information content (AvgIpc) is 2.67. The molecule has 2 aromatic heterocycles. The first-order chi connectivity index (χ1) is 13.8. The first-order valence-electron chi connectivity index (χ1n) is 10.3. The molecule has 7 heteroatoms. The Bertz CT molecular complexity index is 826. The van der Waals surface area contributed by atoms with Crippen LogP contribution in [0.3, 0.4) is 0 Å². The van der Waals surface area contributed by atoms with Gasteiger partial charge in [0.1, 0.15) is 11.4 Å². The molecule has 0 saturated heterocycles. The highest BCUT2D eigenvalue weighted by atomic mass is 16.6. The predicted octanol–water partition coefficient (Wildman–Crippen LogP) is 4.49. The number of methoxy groups -OCH3 is 1. The van der Waals surface area contributed by atoms with E-state index in [9.17, 15) is 4.79 Å². The van der Waals surface area contributed by atoms with E-state index in [1.165, 1.54) is 0 Å². The molecule has 0 spiro atoms. The number of carbonyl (C=O) groups excluding carboxylic acids is 1. The summed E-state index contributed by atoms with van der Waals surface area (Å²) in [7, 11) is 1.60. The molecule has 1 fully saturated rings. The Kier molecular flexibility index (Phi) is 6.77. The predicted molar refractivity (Wildman–Crippen MR) is 111 cm³/mol. The van der Waals surface area contributed by atoms with Crippen LogP contribution in [0.4, 0.5) is 4.79 Å². The Morgan fingerprint density at radius 1 is 1.17 bits per heavy atom. The van der Waals surface area contributed by atoms with Crippen molar-refractivity contribution >= 4 is 17.1 Å². The molecule has 0 bridgehead atoms. The Morgan fingerprint density at radius 2 is 1.93 bits per heavy atom. The fourth-order valence-electron chi connectivity index (χ4n) is 3.58. The van der Waals surface area contributed by atoms with Crippen LogP contribution in [0, 0.1) is 5.92 Å². The average molecular weight is 402 g/mol. The molecule has 1 aliphatic rings. The number of alkyl carbamates (subject to hydrolysis) is 1. The number of hydrogen-bond acceptors (Lipinski definition) is 6. The van der Waals surface area contributed by atoms with E-state index >= 15 is 0 Å². The Labute approximate surface area is 172 Å². The highest BCUT2D eigenvalue weighted by Crippen LogP contribution is 2.27. The van der Waals surface area contributed by atoms with Gasteiger partial charge in [-0.3, -0.25) is 4.98 Å². The number of amides is 1. The summed E-state index contributed by atoms with van der Waals surface area (Å²) in [5.74, 6) is 1.89. The monoisotopic (exact) mass is 401 g/mol. The molecule has 1 aliphatic carbocycles. The van der Waals surface area contributed by atoms with Gasteiger partial charge in [-0.2, -0.15) is 0 Å². The van der Waals surface area contributed by atoms with Crippen LogP contribution in [-0.4, -0.2) is 41.4 Å². The van der Waals surface area contributed by atoms with Crippen molar-refractivity contribution in [3.05, 3.63) is 24.4 Å². The van der Waals surface area contributed by atoms with Gasteiger partial charge in [-0.25, -0.2) is 9.78 Å². The summed E-state index contributed by atoms with van der Waals surface area (Å²) in [6.45, 7) is 6.27. The molecule has 1 amide bonds. The summed E-state index contributed by atoms with van der Waals surface area (Å²) in [5.41, 5.74) is 1.11. The van der Waals surface area contributed by atoms with E-state index in [1.807, 2.05) is 32.9 Å². The lowest BCUT2D eigenvalue weighted by atomic mass is 9.84. The second kappa shape index (κ2) is 9.29. The molecular weight excluding hydrogens is 370 g/mol. The molecule has 1 saturated carbocycles. The van der Waals surface area contributed by atoms with Crippen LogP contribution in [0.15, 0.2) is 24.4 Å². The van der Waals surface area contributed by atoms with Crippen LogP contribution in [0.25, 0.3) is 11.0 Å². The van der Waals surface area contributed by atoms with Gasteiger partial charge in [-0.1, -0.05) is 0 Å². The molecule has 0 atom stereocenters. The number of hydrogen-bond donors (Lipinski definition) is 1. The number of ether oxygens (including phenoxy) is 3. The Morgan fingerprint density at radius 3 is 2.62 bits per heavy atom. The SMILES string of the molecule is COc1ccc2ncc(OCCC3CCC(NC(=O)OC(C)(C)C)CC3)cc2n1. The summed E-state index contributed by atoms with van der Waals surface area (Å²) >= 11 is 0. The molecule has 0 unspecified atom stereocenters. The van der Waals surface area contributed by atoms with Gasteiger partial charge in [-0.15, -0.1) is 0 Å². The number of nitrogens with zero attached hydrogens (tertiary/aromatic N) is 2. The fourth-order valence-corrected chi connectivity index (χ4v) is 3.58. The molecule has 2 aromatic rings. The number of pyridine rings is 2. The third-order valence-electron chi connectivity index (χ3n) is 5.06. The van der Waals surface area contributed by atoms with Gasteiger partial charge in [0.25, 0.3) is 0 Å². The van der Waals surface area contributed by atoms with Crippen molar-refractivity contribution < 1.29 is 19.0 Å². The van der Waals surface area contributed by atoms with Gasteiger partial charge < -0.3 is 19.5 Å². The van der Waals surface area contributed by atoms with Crippen molar-refractivity contribution in [3.8, 4) is 11.6 Å². The number of nitrogens with one attached hydrogen (secondary N) is 1. The maximum Gasteiger partial charge on any atom is 0.407 e. The minimum Gasteiger partial charge on any atom is -0.492 e. The Balaban J connectivity index is 1.40. The number of carbonyl (C=O) groups is 1. The third-order valence-corrected chi connectivity index (χ3v) is 5.06. The maximum absolute atomic E-state index is 11.9.